The molecule has 4 rings (SSSR count). The summed E-state index contributed by atoms with van der Waals surface area (Å²) < 4.78 is 5.98. The molecule has 3 heterocycles. The molecule has 0 radical (unpaired) electrons. The predicted molar refractivity (Wildman–Crippen MR) is 101 cm³/mol. The molecule has 1 aliphatic rings. The van der Waals surface area contributed by atoms with Gasteiger partial charge in [0.2, 0.25) is 5.89 Å². The molecule has 1 amide bonds. The molecule has 1 saturated heterocycles. The summed E-state index contributed by atoms with van der Waals surface area (Å²) in [7, 11) is 0. The number of halogens is 1. The lowest BCUT2D eigenvalue weighted by Crippen LogP contribution is -2.30. The van der Waals surface area contributed by atoms with Gasteiger partial charge in [0.15, 0.2) is 0 Å². The molecular weight excluding hydrogens is 370 g/mol. The van der Waals surface area contributed by atoms with Crippen molar-refractivity contribution in [2.45, 2.75) is 32.2 Å². The topological polar surface area (TPSA) is 59.2 Å². The lowest BCUT2D eigenvalue weighted by molar-refractivity contribution is 0.0718. The second-order valence-corrected chi connectivity index (χ2v) is 7.69. The molecule has 0 bridgehead atoms. The third kappa shape index (κ3) is 3.39. The molecule has 0 saturated carbocycles. The molecule has 134 valence electrons. The standard InChI is InChI=1S/C19H18ClN3O2S/c1-12-17(26-11-22-12)19(24)23-7-3-6-16(23)18-21-10-15(25-18)9-13-4-2-5-14(20)8-13/h2,4-5,8,10-11,16H,3,6-7,9H2,1H3/t16-/m0/s1. The van der Waals surface area contributed by atoms with Gasteiger partial charge in [-0.2, -0.15) is 0 Å². The Morgan fingerprint density at radius 2 is 2.31 bits per heavy atom. The molecule has 0 N–H and O–H groups in total. The van der Waals surface area contributed by atoms with E-state index in [9.17, 15) is 4.79 Å². The van der Waals surface area contributed by atoms with Crippen LogP contribution in [-0.2, 0) is 6.42 Å². The van der Waals surface area contributed by atoms with Gasteiger partial charge in [-0.25, -0.2) is 9.97 Å². The Labute approximate surface area is 160 Å². The van der Waals surface area contributed by atoms with Crippen molar-refractivity contribution in [3.8, 4) is 0 Å². The molecule has 1 aliphatic heterocycles. The van der Waals surface area contributed by atoms with Crippen molar-refractivity contribution in [2.24, 2.45) is 0 Å². The van der Waals surface area contributed by atoms with Gasteiger partial charge in [0, 0.05) is 18.0 Å². The van der Waals surface area contributed by atoms with Gasteiger partial charge in [-0.3, -0.25) is 4.79 Å². The van der Waals surface area contributed by atoms with Crippen LogP contribution in [0.25, 0.3) is 0 Å². The summed E-state index contributed by atoms with van der Waals surface area (Å²) in [4.78, 5) is 24.0. The second kappa shape index (κ2) is 7.21. The quantitative estimate of drug-likeness (QED) is 0.653. The number of carbonyl (C=O) groups excluding carboxylic acids is 1. The number of aromatic nitrogens is 2. The van der Waals surface area contributed by atoms with Crippen LogP contribution in [0.3, 0.4) is 0 Å². The van der Waals surface area contributed by atoms with Crippen molar-refractivity contribution in [3.05, 3.63) is 68.8 Å². The summed E-state index contributed by atoms with van der Waals surface area (Å²) in [6, 6.07) is 7.58. The molecule has 0 spiro atoms. The van der Waals surface area contributed by atoms with Gasteiger partial charge in [0.05, 0.1) is 17.4 Å². The van der Waals surface area contributed by atoms with Crippen molar-refractivity contribution < 1.29 is 9.21 Å². The van der Waals surface area contributed by atoms with Gasteiger partial charge in [-0.15, -0.1) is 11.3 Å². The first kappa shape index (κ1) is 17.2. The fourth-order valence-corrected chi connectivity index (χ4v) is 4.28. The van der Waals surface area contributed by atoms with E-state index in [0.29, 0.717) is 28.8 Å². The van der Waals surface area contributed by atoms with Crippen LogP contribution in [0.5, 0.6) is 0 Å². The molecule has 3 aromatic rings. The molecule has 5 nitrogen and oxygen atoms in total. The van der Waals surface area contributed by atoms with E-state index < -0.39 is 0 Å². The number of rotatable bonds is 4. The summed E-state index contributed by atoms with van der Waals surface area (Å²) in [5, 5.41) is 0.703. The van der Waals surface area contributed by atoms with E-state index in [0.717, 1.165) is 29.9 Å². The third-order valence-electron chi connectivity index (χ3n) is 4.58. The maximum absolute atomic E-state index is 12.9. The molecule has 1 aromatic carbocycles. The number of amides is 1. The van der Waals surface area contributed by atoms with E-state index in [1.807, 2.05) is 36.1 Å². The van der Waals surface area contributed by atoms with E-state index in [2.05, 4.69) is 9.97 Å². The lowest BCUT2D eigenvalue weighted by Gasteiger charge is -2.21. The van der Waals surface area contributed by atoms with E-state index >= 15 is 0 Å². The first-order valence-electron chi connectivity index (χ1n) is 8.52. The second-order valence-electron chi connectivity index (χ2n) is 6.39. The van der Waals surface area contributed by atoms with Crippen LogP contribution >= 0.6 is 22.9 Å². The Kier molecular flexibility index (Phi) is 4.78. The summed E-state index contributed by atoms with van der Waals surface area (Å²) >= 11 is 7.43. The largest absolute Gasteiger partial charge is 0.443 e. The highest BCUT2D eigenvalue weighted by molar-refractivity contribution is 7.11. The number of aryl methyl sites for hydroxylation is 1. The maximum Gasteiger partial charge on any atom is 0.266 e. The number of thiazole rings is 1. The van der Waals surface area contributed by atoms with Gasteiger partial charge < -0.3 is 9.32 Å². The molecule has 2 aromatic heterocycles. The van der Waals surface area contributed by atoms with Gasteiger partial charge in [-0.1, -0.05) is 23.7 Å². The molecule has 0 unspecified atom stereocenters. The number of nitrogens with zero attached hydrogens (tertiary/aromatic N) is 3. The zero-order chi connectivity index (χ0) is 18.1. The molecule has 7 heteroatoms. The Hall–Kier alpha value is -2.18. The number of carbonyl (C=O) groups is 1. The zero-order valence-corrected chi connectivity index (χ0v) is 15.9. The van der Waals surface area contributed by atoms with Gasteiger partial charge in [0.25, 0.3) is 5.91 Å². The minimum Gasteiger partial charge on any atom is -0.443 e. The number of oxazole rings is 1. The number of hydrogen-bond acceptors (Lipinski definition) is 5. The molecule has 0 aliphatic carbocycles. The van der Waals surface area contributed by atoms with Crippen LogP contribution in [0, 0.1) is 6.92 Å². The van der Waals surface area contributed by atoms with Crippen LogP contribution in [0.1, 0.15) is 51.5 Å². The minimum atomic E-state index is -0.114. The van der Waals surface area contributed by atoms with E-state index in [1.165, 1.54) is 11.3 Å². The van der Waals surface area contributed by atoms with Crippen LogP contribution in [-0.4, -0.2) is 27.3 Å². The van der Waals surface area contributed by atoms with E-state index in [-0.39, 0.29) is 11.9 Å². The Morgan fingerprint density at radius 1 is 1.42 bits per heavy atom. The summed E-state index contributed by atoms with van der Waals surface area (Å²) in [6.07, 6.45) is 4.18. The van der Waals surface area contributed by atoms with Crippen molar-refractivity contribution in [1.82, 2.24) is 14.9 Å². The highest BCUT2D eigenvalue weighted by atomic mass is 35.5. The summed E-state index contributed by atoms with van der Waals surface area (Å²) in [5.41, 5.74) is 3.56. The number of benzene rings is 1. The first-order valence-corrected chi connectivity index (χ1v) is 9.77. The Balaban J connectivity index is 1.53. The van der Waals surface area contributed by atoms with E-state index in [1.54, 1.807) is 11.7 Å². The molecule has 1 fully saturated rings. The van der Waals surface area contributed by atoms with Crippen LogP contribution < -0.4 is 0 Å². The summed E-state index contributed by atoms with van der Waals surface area (Å²) in [5.74, 6) is 1.40. The number of hydrogen-bond donors (Lipinski definition) is 0. The van der Waals surface area contributed by atoms with Crippen LogP contribution in [0.4, 0.5) is 0 Å². The highest BCUT2D eigenvalue weighted by Gasteiger charge is 2.35. The van der Waals surface area contributed by atoms with Crippen molar-refractivity contribution in [2.75, 3.05) is 6.54 Å². The average molecular weight is 388 g/mol. The van der Waals surface area contributed by atoms with E-state index in [4.69, 9.17) is 16.0 Å². The Morgan fingerprint density at radius 3 is 3.08 bits per heavy atom. The minimum absolute atomic E-state index is 0.0158. The summed E-state index contributed by atoms with van der Waals surface area (Å²) in [6.45, 7) is 2.58. The van der Waals surface area contributed by atoms with Gasteiger partial charge in [0.1, 0.15) is 16.7 Å². The van der Waals surface area contributed by atoms with Crippen molar-refractivity contribution in [1.29, 1.82) is 0 Å². The maximum atomic E-state index is 12.9. The Bertz CT molecular complexity index is 936. The van der Waals surface area contributed by atoms with Crippen LogP contribution in [0.15, 0.2) is 40.4 Å². The number of likely N-dealkylation sites (tertiary alicyclic amines) is 1. The fourth-order valence-electron chi connectivity index (χ4n) is 3.31. The third-order valence-corrected chi connectivity index (χ3v) is 5.73. The lowest BCUT2D eigenvalue weighted by atomic mass is 10.1. The van der Waals surface area contributed by atoms with Crippen molar-refractivity contribution in [3.63, 3.8) is 0 Å². The smallest absolute Gasteiger partial charge is 0.266 e. The predicted octanol–water partition coefficient (Wildman–Crippen LogP) is 4.66. The van der Waals surface area contributed by atoms with Crippen molar-refractivity contribution >= 4 is 28.8 Å². The average Bonchev–Trinajstić information content (AvgIpc) is 3.34. The SMILES string of the molecule is Cc1ncsc1C(=O)N1CCC[C@H]1c1ncc(Cc2cccc(Cl)c2)o1. The molecular formula is C19H18ClN3O2S. The fraction of sp³-hybridized carbons (Fsp3) is 0.316. The normalized spacial score (nSPS) is 17.0. The van der Waals surface area contributed by atoms with Crippen LogP contribution in [0.2, 0.25) is 5.02 Å². The first-order chi connectivity index (χ1) is 12.6. The zero-order valence-electron chi connectivity index (χ0n) is 14.3. The highest BCUT2D eigenvalue weighted by Crippen LogP contribution is 2.34. The van der Waals surface area contributed by atoms with Gasteiger partial charge in [-0.05, 0) is 37.5 Å². The van der Waals surface area contributed by atoms with Gasteiger partial charge >= 0.3 is 0 Å². The molecule has 26 heavy (non-hydrogen) atoms. The molecule has 1 atom stereocenters. The monoisotopic (exact) mass is 387 g/mol.